The molecule has 0 radical (unpaired) electrons. The number of anilines is 3. The lowest BCUT2D eigenvalue weighted by Crippen LogP contribution is -2.09. The van der Waals surface area contributed by atoms with E-state index in [1.807, 2.05) is 11.3 Å². The molecule has 2 heterocycles. The third-order valence-corrected chi connectivity index (χ3v) is 13.3. The van der Waals surface area contributed by atoms with Gasteiger partial charge in [-0.1, -0.05) is 152 Å². The number of benzene rings is 10. The van der Waals surface area contributed by atoms with Crippen molar-refractivity contribution in [2.24, 2.45) is 0 Å². The summed E-state index contributed by atoms with van der Waals surface area (Å²) in [5.74, 6) is 0. The quantitative estimate of drug-likeness (QED) is 0.156. The van der Waals surface area contributed by atoms with Crippen molar-refractivity contribution in [1.29, 1.82) is 0 Å². The predicted molar refractivity (Wildman–Crippen MR) is 262 cm³/mol. The van der Waals surface area contributed by atoms with E-state index in [2.05, 4.69) is 240 Å². The number of thiophene rings is 1. The van der Waals surface area contributed by atoms with Gasteiger partial charge in [0.1, 0.15) is 0 Å². The maximum atomic E-state index is 2.39. The Morgan fingerprint density at radius 2 is 0.803 bits per heavy atom. The molecule has 0 atom stereocenters. The van der Waals surface area contributed by atoms with Crippen LogP contribution < -0.4 is 4.90 Å². The van der Waals surface area contributed by atoms with E-state index in [9.17, 15) is 0 Å². The van der Waals surface area contributed by atoms with Crippen LogP contribution in [0.2, 0.25) is 0 Å². The monoisotopic (exact) mass is 794 g/mol. The molecule has 0 N–H and O–H groups in total. The minimum Gasteiger partial charge on any atom is -0.310 e. The zero-order chi connectivity index (χ0) is 40.3. The second-order valence-corrected chi connectivity index (χ2v) is 16.9. The predicted octanol–water partition coefficient (Wildman–Crippen LogP) is 16.8. The molecule has 0 saturated heterocycles. The molecule has 3 heteroatoms. The standard InChI is InChI=1S/C58H38N2S/c1-2-12-42-36-46(24-23-39(42)11-1)44-14-9-13-43(35-44)40-25-29-47(30-26-40)59(50-33-34-54-53-19-5-8-22-57(53)61-58(54)38-50)48-31-27-41(28-32-48)45-15-10-16-49(37-45)60-55-20-6-3-17-51(55)52-18-4-7-21-56(52)60/h1-38H. The van der Waals surface area contributed by atoms with Gasteiger partial charge >= 0.3 is 0 Å². The third kappa shape index (κ3) is 6.18. The van der Waals surface area contributed by atoms with Gasteiger partial charge in [0.25, 0.3) is 0 Å². The van der Waals surface area contributed by atoms with Crippen molar-refractivity contribution in [3.8, 4) is 39.1 Å². The zero-order valence-corrected chi connectivity index (χ0v) is 34.1. The van der Waals surface area contributed by atoms with E-state index in [-0.39, 0.29) is 0 Å². The Labute approximate surface area is 358 Å². The van der Waals surface area contributed by atoms with Crippen LogP contribution in [0.3, 0.4) is 0 Å². The maximum absolute atomic E-state index is 2.39. The van der Waals surface area contributed by atoms with Gasteiger partial charge in [-0.05, 0) is 123 Å². The van der Waals surface area contributed by atoms with E-state index in [0.29, 0.717) is 0 Å². The highest BCUT2D eigenvalue weighted by molar-refractivity contribution is 7.25. The van der Waals surface area contributed by atoms with E-state index < -0.39 is 0 Å². The topological polar surface area (TPSA) is 8.17 Å². The van der Waals surface area contributed by atoms with Gasteiger partial charge in [-0.25, -0.2) is 0 Å². The first-order chi connectivity index (χ1) is 30.2. The van der Waals surface area contributed by atoms with Gasteiger partial charge in [0.2, 0.25) is 0 Å². The van der Waals surface area contributed by atoms with Crippen LogP contribution in [0.25, 0.3) is 91.8 Å². The van der Waals surface area contributed by atoms with Crippen LogP contribution in [0.5, 0.6) is 0 Å². The fourth-order valence-corrected chi connectivity index (χ4v) is 10.3. The number of hydrogen-bond donors (Lipinski definition) is 0. The van der Waals surface area contributed by atoms with Crippen molar-refractivity contribution in [2.75, 3.05) is 4.90 Å². The lowest BCUT2D eigenvalue weighted by Gasteiger charge is -2.26. The molecule has 12 aromatic rings. The summed E-state index contributed by atoms with van der Waals surface area (Å²) in [7, 11) is 0. The summed E-state index contributed by atoms with van der Waals surface area (Å²) in [5.41, 5.74) is 14.1. The molecule has 286 valence electrons. The molecule has 0 saturated carbocycles. The van der Waals surface area contributed by atoms with Gasteiger partial charge < -0.3 is 9.47 Å². The molecule has 0 unspecified atom stereocenters. The minimum absolute atomic E-state index is 1.11. The average Bonchev–Trinajstić information content (AvgIpc) is 3.88. The van der Waals surface area contributed by atoms with Gasteiger partial charge in [-0.3, -0.25) is 0 Å². The summed E-state index contributed by atoms with van der Waals surface area (Å²) in [6.45, 7) is 0. The number of para-hydroxylation sites is 2. The number of aromatic nitrogens is 1. The SMILES string of the molecule is c1cc(-c2ccc(N(c3ccc(-c4cccc(-n5c6ccccc6c6ccccc65)c4)cc3)c3ccc4c(c3)sc3ccccc34)cc2)cc(-c2ccc3ccccc3c2)c1. The Morgan fingerprint density at radius 1 is 0.295 bits per heavy atom. The van der Waals surface area contributed by atoms with Gasteiger partial charge in [-0.15, -0.1) is 11.3 Å². The first-order valence-electron chi connectivity index (χ1n) is 20.8. The number of fused-ring (bicyclic) bond motifs is 7. The molecule has 0 amide bonds. The van der Waals surface area contributed by atoms with Crippen molar-refractivity contribution in [1.82, 2.24) is 4.57 Å². The van der Waals surface area contributed by atoms with E-state index in [4.69, 9.17) is 0 Å². The zero-order valence-electron chi connectivity index (χ0n) is 33.2. The lowest BCUT2D eigenvalue weighted by atomic mass is 9.97. The van der Waals surface area contributed by atoms with Crippen LogP contribution in [0.1, 0.15) is 0 Å². The average molecular weight is 795 g/mol. The highest BCUT2D eigenvalue weighted by Gasteiger charge is 2.17. The summed E-state index contributed by atoms with van der Waals surface area (Å²) in [6, 6.07) is 84.2. The van der Waals surface area contributed by atoms with Crippen molar-refractivity contribution in [2.45, 2.75) is 0 Å². The number of nitrogens with zero attached hydrogens (tertiary/aromatic N) is 2. The van der Waals surface area contributed by atoms with Gasteiger partial charge in [0, 0.05) is 53.7 Å². The Morgan fingerprint density at radius 3 is 1.51 bits per heavy atom. The Hall–Kier alpha value is -7.72. The normalized spacial score (nSPS) is 11.6. The van der Waals surface area contributed by atoms with Crippen molar-refractivity contribution in [3.05, 3.63) is 231 Å². The molecule has 0 aliphatic heterocycles. The van der Waals surface area contributed by atoms with E-state index in [0.717, 1.165) is 22.7 Å². The van der Waals surface area contributed by atoms with Crippen molar-refractivity contribution in [3.63, 3.8) is 0 Å². The third-order valence-electron chi connectivity index (χ3n) is 12.2. The molecule has 2 aromatic heterocycles. The fourth-order valence-electron chi connectivity index (χ4n) is 9.18. The van der Waals surface area contributed by atoms with Crippen LogP contribution in [0.4, 0.5) is 17.1 Å². The summed E-state index contributed by atoms with van der Waals surface area (Å²) in [6.07, 6.45) is 0. The molecular weight excluding hydrogens is 757 g/mol. The largest absolute Gasteiger partial charge is 0.310 e. The molecule has 0 aliphatic rings. The molecule has 10 aromatic carbocycles. The molecule has 0 bridgehead atoms. The lowest BCUT2D eigenvalue weighted by molar-refractivity contribution is 1.18. The van der Waals surface area contributed by atoms with Crippen LogP contribution in [-0.4, -0.2) is 4.57 Å². The second-order valence-electron chi connectivity index (χ2n) is 15.8. The summed E-state index contributed by atoms with van der Waals surface area (Å²) in [4.78, 5) is 2.39. The fraction of sp³-hybridized carbons (Fsp3) is 0. The highest BCUT2D eigenvalue weighted by atomic mass is 32.1. The highest BCUT2D eigenvalue weighted by Crippen LogP contribution is 2.42. The summed E-state index contributed by atoms with van der Waals surface area (Å²) < 4.78 is 4.98. The molecule has 12 rings (SSSR count). The summed E-state index contributed by atoms with van der Waals surface area (Å²) in [5, 5.41) is 7.65. The molecule has 2 nitrogen and oxygen atoms in total. The molecule has 61 heavy (non-hydrogen) atoms. The maximum Gasteiger partial charge on any atom is 0.0541 e. The van der Waals surface area contributed by atoms with Crippen molar-refractivity contribution >= 4 is 81.1 Å². The Balaban J connectivity index is 0.918. The molecule has 0 spiro atoms. The first kappa shape index (κ1) is 35.2. The van der Waals surface area contributed by atoms with E-state index in [1.54, 1.807) is 0 Å². The number of rotatable bonds is 7. The summed E-state index contributed by atoms with van der Waals surface area (Å²) >= 11 is 1.86. The van der Waals surface area contributed by atoms with Crippen LogP contribution in [0, 0.1) is 0 Å². The second kappa shape index (κ2) is 14.5. The molecule has 0 aliphatic carbocycles. The van der Waals surface area contributed by atoms with Gasteiger partial charge in [0.15, 0.2) is 0 Å². The van der Waals surface area contributed by atoms with Crippen LogP contribution in [-0.2, 0) is 0 Å². The first-order valence-corrected chi connectivity index (χ1v) is 21.6. The Kier molecular flexibility index (Phi) is 8.39. The van der Waals surface area contributed by atoms with E-state index >= 15 is 0 Å². The van der Waals surface area contributed by atoms with Crippen LogP contribution >= 0.6 is 11.3 Å². The molecule has 0 fully saturated rings. The minimum atomic E-state index is 1.11. The van der Waals surface area contributed by atoms with Gasteiger partial charge in [0.05, 0.1) is 11.0 Å². The van der Waals surface area contributed by atoms with E-state index in [1.165, 1.54) is 86.1 Å². The number of hydrogen-bond acceptors (Lipinski definition) is 2. The van der Waals surface area contributed by atoms with Crippen LogP contribution in [0.15, 0.2) is 231 Å². The molecular formula is C58H38N2S. The Bertz CT molecular complexity index is 3540. The van der Waals surface area contributed by atoms with Gasteiger partial charge in [-0.2, -0.15) is 0 Å². The smallest absolute Gasteiger partial charge is 0.0541 e. The van der Waals surface area contributed by atoms with Crippen molar-refractivity contribution < 1.29 is 0 Å².